The lowest BCUT2D eigenvalue weighted by Gasteiger charge is -2.13. The van der Waals surface area contributed by atoms with Crippen LogP contribution in [0.25, 0.3) is 0 Å². The number of amides is 1. The third-order valence-electron chi connectivity index (χ3n) is 3.45. The van der Waals surface area contributed by atoms with Crippen LogP contribution in [0, 0.1) is 6.92 Å². The van der Waals surface area contributed by atoms with E-state index in [4.69, 9.17) is 11.6 Å². The molecule has 0 bridgehead atoms. The van der Waals surface area contributed by atoms with Crippen LogP contribution in [0.1, 0.15) is 24.1 Å². The molecule has 0 fully saturated rings. The average molecular weight is 383 g/mol. The number of carbonyl (C=O) groups excluding carboxylic acids is 1. The van der Waals surface area contributed by atoms with Crippen molar-refractivity contribution in [3.05, 3.63) is 63.1 Å². The lowest BCUT2D eigenvalue weighted by molar-refractivity contribution is -0.682. The molecule has 3 nitrogen and oxygen atoms in total. The summed E-state index contributed by atoms with van der Waals surface area (Å²) < 4.78 is 0.889. The van der Waals surface area contributed by atoms with Crippen LogP contribution >= 0.6 is 27.5 Å². The largest absolute Gasteiger partial charge is 0.332 e. The first-order valence-corrected chi connectivity index (χ1v) is 8.28. The van der Waals surface area contributed by atoms with Gasteiger partial charge in [0.25, 0.3) is 5.91 Å². The Morgan fingerprint density at radius 2 is 2.05 bits per heavy atom. The van der Waals surface area contributed by atoms with Crippen molar-refractivity contribution in [2.75, 3.05) is 11.9 Å². The summed E-state index contributed by atoms with van der Waals surface area (Å²) in [5, 5.41) is 5.61. The van der Waals surface area contributed by atoms with E-state index in [1.807, 2.05) is 61.6 Å². The highest BCUT2D eigenvalue weighted by Crippen LogP contribution is 2.23. The number of anilines is 1. The summed E-state index contributed by atoms with van der Waals surface area (Å²) in [6.07, 6.45) is 0. The molecule has 0 saturated heterocycles. The molecule has 0 aliphatic carbocycles. The summed E-state index contributed by atoms with van der Waals surface area (Å²) in [5.41, 5.74) is 2.96. The van der Waals surface area contributed by atoms with Gasteiger partial charge in [0.05, 0.1) is 5.69 Å². The minimum Gasteiger partial charge on any atom is -0.332 e. The molecule has 0 aliphatic heterocycles. The molecular weight excluding hydrogens is 364 g/mol. The predicted molar refractivity (Wildman–Crippen MR) is 94.2 cm³/mol. The Labute approximate surface area is 144 Å². The summed E-state index contributed by atoms with van der Waals surface area (Å²) in [4.78, 5) is 12.1. The van der Waals surface area contributed by atoms with Crippen LogP contribution in [-0.4, -0.2) is 12.5 Å². The van der Waals surface area contributed by atoms with Gasteiger partial charge in [-0.2, -0.15) is 0 Å². The van der Waals surface area contributed by atoms with Crippen LogP contribution in [0.2, 0.25) is 5.02 Å². The smallest absolute Gasteiger partial charge is 0.279 e. The fourth-order valence-electron chi connectivity index (χ4n) is 2.18. The zero-order chi connectivity index (χ0) is 16.1. The van der Waals surface area contributed by atoms with E-state index < -0.39 is 0 Å². The number of quaternary nitrogens is 1. The zero-order valence-electron chi connectivity index (χ0n) is 12.6. The molecule has 1 amide bonds. The van der Waals surface area contributed by atoms with Gasteiger partial charge in [0.2, 0.25) is 0 Å². The van der Waals surface area contributed by atoms with E-state index in [0.717, 1.165) is 26.3 Å². The Bertz CT molecular complexity index is 675. The van der Waals surface area contributed by atoms with Gasteiger partial charge < -0.3 is 10.6 Å². The topological polar surface area (TPSA) is 45.7 Å². The van der Waals surface area contributed by atoms with Gasteiger partial charge in [0, 0.05) is 15.1 Å². The van der Waals surface area contributed by atoms with E-state index in [2.05, 4.69) is 21.2 Å². The number of benzene rings is 2. The van der Waals surface area contributed by atoms with E-state index in [0.29, 0.717) is 6.54 Å². The van der Waals surface area contributed by atoms with Gasteiger partial charge in [0.1, 0.15) is 6.04 Å². The van der Waals surface area contributed by atoms with Crippen molar-refractivity contribution < 1.29 is 10.1 Å². The molecule has 0 heterocycles. The molecule has 0 aliphatic rings. The maximum Gasteiger partial charge on any atom is 0.279 e. The highest BCUT2D eigenvalue weighted by atomic mass is 79.9. The van der Waals surface area contributed by atoms with Crippen molar-refractivity contribution in [3.63, 3.8) is 0 Å². The first kappa shape index (κ1) is 17.0. The van der Waals surface area contributed by atoms with Crippen molar-refractivity contribution >= 4 is 39.1 Å². The summed E-state index contributed by atoms with van der Waals surface area (Å²) in [6.45, 7) is 4.39. The minimum atomic E-state index is -0.0385. The molecule has 2 aromatic rings. The number of halogens is 2. The Balaban J connectivity index is 1.91. The predicted octanol–water partition coefficient (Wildman–Crippen LogP) is 3.67. The molecule has 5 heteroatoms. The Morgan fingerprint density at radius 3 is 2.73 bits per heavy atom. The molecule has 2 rings (SSSR count). The Kier molecular flexibility index (Phi) is 6.00. The second kappa shape index (κ2) is 7.77. The van der Waals surface area contributed by atoms with Crippen molar-refractivity contribution in [2.45, 2.75) is 19.9 Å². The molecule has 0 radical (unpaired) electrons. The molecule has 0 aromatic heterocycles. The molecule has 1 atom stereocenters. The van der Waals surface area contributed by atoms with E-state index in [-0.39, 0.29) is 11.9 Å². The first-order chi connectivity index (χ1) is 10.5. The summed E-state index contributed by atoms with van der Waals surface area (Å²) in [6, 6.07) is 13.7. The van der Waals surface area contributed by atoms with Crippen molar-refractivity contribution in [3.8, 4) is 0 Å². The van der Waals surface area contributed by atoms with Gasteiger partial charge in [-0.05, 0) is 53.5 Å². The van der Waals surface area contributed by atoms with Crippen molar-refractivity contribution in [1.29, 1.82) is 0 Å². The molecular formula is C17H19BrClN2O+. The third kappa shape index (κ3) is 4.57. The number of carbonyl (C=O) groups is 1. The summed E-state index contributed by atoms with van der Waals surface area (Å²) in [5.74, 6) is -0.0385. The van der Waals surface area contributed by atoms with E-state index >= 15 is 0 Å². The lowest BCUT2D eigenvalue weighted by Crippen LogP contribution is -2.86. The van der Waals surface area contributed by atoms with E-state index in [1.54, 1.807) is 0 Å². The van der Waals surface area contributed by atoms with E-state index in [9.17, 15) is 4.79 Å². The molecule has 116 valence electrons. The molecule has 2 aromatic carbocycles. The SMILES string of the molecule is Cc1ccc(NC(=O)C[NH2+][C@H](C)c2ccccc2Cl)c(Br)c1. The molecule has 22 heavy (non-hydrogen) atoms. The fraction of sp³-hybridized carbons (Fsp3) is 0.235. The van der Waals surface area contributed by atoms with Gasteiger partial charge in [-0.15, -0.1) is 0 Å². The van der Waals surface area contributed by atoms with Crippen LogP contribution in [0.4, 0.5) is 5.69 Å². The monoisotopic (exact) mass is 381 g/mol. The van der Waals surface area contributed by atoms with Crippen LogP contribution in [-0.2, 0) is 4.79 Å². The first-order valence-electron chi connectivity index (χ1n) is 7.11. The van der Waals surface area contributed by atoms with Crippen LogP contribution < -0.4 is 10.6 Å². The second-order valence-corrected chi connectivity index (χ2v) is 6.54. The van der Waals surface area contributed by atoms with E-state index in [1.165, 1.54) is 0 Å². The van der Waals surface area contributed by atoms with Crippen LogP contribution in [0.3, 0.4) is 0 Å². The number of hydrogen-bond donors (Lipinski definition) is 2. The maximum atomic E-state index is 12.1. The number of rotatable bonds is 5. The number of hydrogen-bond acceptors (Lipinski definition) is 1. The quantitative estimate of drug-likeness (QED) is 0.814. The molecule has 0 unspecified atom stereocenters. The van der Waals surface area contributed by atoms with Gasteiger partial charge in [-0.3, -0.25) is 4.79 Å². The van der Waals surface area contributed by atoms with Crippen molar-refractivity contribution in [1.82, 2.24) is 0 Å². The van der Waals surface area contributed by atoms with Gasteiger partial charge in [-0.25, -0.2) is 0 Å². The van der Waals surface area contributed by atoms with Gasteiger partial charge >= 0.3 is 0 Å². The Morgan fingerprint density at radius 1 is 1.32 bits per heavy atom. The zero-order valence-corrected chi connectivity index (χ0v) is 14.9. The molecule has 3 N–H and O–H groups in total. The second-order valence-electron chi connectivity index (χ2n) is 5.28. The highest BCUT2D eigenvalue weighted by Gasteiger charge is 2.14. The normalized spacial score (nSPS) is 12.0. The molecule has 0 saturated carbocycles. The standard InChI is InChI=1S/C17H18BrClN2O/c1-11-7-8-16(14(18)9-11)21-17(22)10-20-12(2)13-5-3-4-6-15(13)19/h3-9,12,20H,10H2,1-2H3,(H,21,22)/p+1/t12-/m1/s1. The van der Waals surface area contributed by atoms with Crippen molar-refractivity contribution in [2.24, 2.45) is 0 Å². The minimum absolute atomic E-state index is 0.0385. The lowest BCUT2D eigenvalue weighted by atomic mass is 10.1. The van der Waals surface area contributed by atoms with Crippen LogP contribution in [0.5, 0.6) is 0 Å². The van der Waals surface area contributed by atoms with Gasteiger partial charge in [0.15, 0.2) is 6.54 Å². The third-order valence-corrected chi connectivity index (χ3v) is 4.45. The van der Waals surface area contributed by atoms with Crippen LogP contribution in [0.15, 0.2) is 46.9 Å². The number of aryl methyl sites for hydroxylation is 1. The maximum absolute atomic E-state index is 12.1. The number of nitrogens with two attached hydrogens (primary N) is 1. The highest BCUT2D eigenvalue weighted by molar-refractivity contribution is 9.10. The van der Waals surface area contributed by atoms with Gasteiger partial charge in [-0.1, -0.05) is 35.9 Å². The fourth-order valence-corrected chi connectivity index (χ4v) is 3.08. The molecule has 0 spiro atoms. The summed E-state index contributed by atoms with van der Waals surface area (Å²) >= 11 is 9.63. The summed E-state index contributed by atoms with van der Waals surface area (Å²) in [7, 11) is 0. The Hall–Kier alpha value is -1.36. The average Bonchev–Trinajstić information content (AvgIpc) is 2.48. The number of nitrogens with one attached hydrogen (secondary N) is 1.